The van der Waals surface area contributed by atoms with E-state index in [0.717, 1.165) is 11.1 Å². The lowest BCUT2D eigenvalue weighted by molar-refractivity contribution is 0.380. The summed E-state index contributed by atoms with van der Waals surface area (Å²) in [5, 5.41) is 3.77. The molecule has 0 fully saturated rings. The van der Waals surface area contributed by atoms with E-state index in [1.54, 1.807) is 6.07 Å². The van der Waals surface area contributed by atoms with Crippen LogP contribution in [-0.2, 0) is 21.3 Å². The molecule has 108 valence electrons. The van der Waals surface area contributed by atoms with Crippen LogP contribution in [0.1, 0.15) is 42.6 Å². The molecule has 0 radical (unpaired) electrons. The Balaban J connectivity index is 2.10. The van der Waals surface area contributed by atoms with Crippen LogP contribution in [0.3, 0.4) is 0 Å². The lowest BCUT2D eigenvalue weighted by Gasteiger charge is -2.03. The Morgan fingerprint density at radius 1 is 1.25 bits per heavy atom. The van der Waals surface area contributed by atoms with Crippen LogP contribution in [0.25, 0.3) is 0 Å². The number of aryl methyl sites for hydroxylation is 1. The maximum absolute atomic E-state index is 12.1. The van der Waals surface area contributed by atoms with Gasteiger partial charge in [0.1, 0.15) is 5.75 Å². The summed E-state index contributed by atoms with van der Waals surface area (Å²) in [6.45, 7) is 5.79. The van der Waals surface area contributed by atoms with Crippen LogP contribution in [0.5, 0.6) is 0 Å². The lowest BCUT2D eigenvalue weighted by Crippen LogP contribution is -2.08. The second-order valence-electron chi connectivity index (χ2n) is 5.22. The molecular weight excluding hydrogens is 276 g/mol. The smallest absolute Gasteiger partial charge is 0.241 e. The van der Waals surface area contributed by atoms with Gasteiger partial charge in [-0.15, -0.1) is 0 Å². The number of hydrogen-bond donors (Lipinski definition) is 0. The van der Waals surface area contributed by atoms with Gasteiger partial charge in [-0.1, -0.05) is 48.8 Å². The maximum atomic E-state index is 12.1. The number of nitrogens with zero attached hydrogens (tertiary/aromatic N) is 2. The van der Waals surface area contributed by atoms with Crippen molar-refractivity contribution in [3.05, 3.63) is 47.1 Å². The van der Waals surface area contributed by atoms with Crippen LogP contribution in [0.15, 0.2) is 28.8 Å². The Morgan fingerprint density at radius 3 is 2.60 bits per heavy atom. The van der Waals surface area contributed by atoms with E-state index in [-0.39, 0.29) is 23.3 Å². The van der Waals surface area contributed by atoms with Crippen molar-refractivity contribution in [2.24, 2.45) is 0 Å². The molecule has 1 aromatic carbocycles. The molecule has 2 rings (SSSR count). The summed E-state index contributed by atoms with van der Waals surface area (Å²) in [5.74, 6) is 0.563. The van der Waals surface area contributed by atoms with Gasteiger partial charge in [-0.2, -0.15) is 4.98 Å². The normalized spacial score (nSPS) is 12.0. The fraction of sp³-hybridized carbons (Fsp3) is 0.429. The minimum atomic E-state index is -3.31. The van der Waals surface area contributed by atoms with Gasteiger partial charge in [-0.05, 0) is 12.5 Å². The summed E-state index contributed by atoms with van der Waals surface area (Å²) in [6.07, 6.45) is 0. The van der Waals surface area contributed by atoms with Crippen LogP contribution in [0.4, 0.5) is 0 Å². The van der Waals surface area contributed by atoms with Crippen molar-refractivity contribution in [3.8, 4) is 0 Å². The van der Waals surface area contributed by atoms with E-state index in [4.69, 9.17) is 4.52 Å². The minimum Gasteiger partial charge on any atom is -0.338 e. The van der Waals surface area contributed by atoms with Gasteiger partial charge >= 0.3 is 0 Å². The van der Waals surface area contributed by atoms with Crippen molar-refractivity contribution in [1.82, 2.24) is 10.1 Å². The van der Waals surface area contributed by atoms with E-state index in [9.17, 15) is 8.42 Å². The van der Waals surface area contributed by atoms with Crippen molar-refractivity contribution in [1.29, 1.82) is 0 Å². The number of sulfone groups is 1. The van der Waals surface area contributed by atoms with E-state index in [1.165, 1.54) is 0 Å². The molecule has 0 N–H and O–H groups in total. The Morgan fingerprint density at radius 2 is 2.00 bits per heavy atom. The van der Waals surface area contributed by atoms with Crippen molar-refractivity contribution < 1.29 is 12.9 Å². The fourth-order valence-corrected chi connectivity index (χ4v) is 3.14. The molecule has 0 saturated heterocycles. The van der Waals surface area contributed by atoms with E-state index < -0.39 is 9.84 Å². The molecule has 0 amide bonds. The summed E-state index contributed by atoms with van der Waals surface area (Å²) < 4.78 is 29.2. The molecule has 0 spiro atoms. The van der Waals surface area contributed by atoms with Gasteiger partial charge < -0.3 is 4.52 Å². The first-order valence-electron chi connectivity index (χ1n) is 6.44. The van der Waals surface area contributed by atoms with Crippen LogP contribution in [0.2, 0.25) is 0 Å². The average molecular weight is 294 g/mol. The molecule has 0 bridgehead atoms. The second-order valence-corrected chi connectivity index (χ2v) is 7.29. The number of rotatable bonds is 5. The highest BCUT2D eigenvalue weighted by Crippen LogP contribution is 2.15. The van der Waals surface area contributed by atoms with Gasteiger partial charge in [-0.3, -0.25) is 0 Å². The SMILES string of the molecule is Cc1cccc(CS(=O)(=O)Cc2nc(C(C)C)no2)c1. The Hall–Kier alpha value is -1.69. The van der Waals surface area contributed by atoms with Crippen LogP contribution >= 0.6 is 0 Å². The van der Waals surface area contributed by atoms with E-state index in [0.29, 0.717) is 5.82 Å². The van der Waals surface area contributed by atoms with Crippen molar-refractivity contribution in [2.45, 2.75) is 38.2 Å². The summed E-state index contributed by atoms with van der Waals surface area (Å²) in [4.78, 5) is 4.10. The van der Waals surface area contributed by atoms with Gasteiger partial charge in [-0.25, -0.2) is 8.42 Å². The zero-order valence-electron chi connectivity index (χ0n) is 11.8. The Kier molecular flexibility index (Phi) is 4.23. The van der Waals surface area contributed by atoms with Crippen molar-refractivity contribution in [2.75, 3.05) is 0 Å². The van der Waals surface area contributed by atoms with Crippen LogP contribution < -0.4 is 0 Å². The molecule has 0 aliphatic carbocycles. The van der Waals surface area contributed by atoms with Gasteiger partial charge in [0, 0.05) is 5.92 Å². The van der Waals surface area contributed by atoms with Crippen LogP contribution in [-0.4, -0.2) is 18.6 Å². The zero-order valence-corrected chi connectivity index (χ0v) is 12.6. The van der Waals surface area contributed by atoms with E-state index >= 15 is 0 Å². The van der Waals surface area contributed by atoms with Crippen molar-refractivity contribution in [3.63, 3.8) is 0 Å². The predicted octanol–water partition coefficient (Wildman–Crippen LogP) is 2.62. The molecule has 0 unspecified atom stereocenters. The molecule has 1 heterocycles. The molecule has 6 heteroatoms. The first kappa shape index (κ1) is 14.7. The third-order valence-corrected chi connectivity index (χ3v) is 4.27. The first-order chi connectivity index (χ1) is 9.35. The second kappa shape index (κ2) is 5.75. The first-order valence-corrected chi connectivity index (χ1v) is 8.26. The molecule has 0 saturated carbocycles. The average Bonchev–Trinajstić information content (AvgIpc) is 2.75. The Labute approximate surface area is 118 Å². The molecule has 0 atom stereocenters. The summed E-state index contributed by atoms with van der Waals surface area (Å²) >= 11 is 0. The quantitative estimate of drug-likeness (QED) is 0.847. The highest BCUT2D eigenvalue weighted by molar-refractivity contribution is 7.89. The summed E-state index contributed by atoms with van der Waals surface area (Å²) in [6, 6.07) is 7.45. The lowest BCUT2D eigenvalue weighted by atomic mass is 10.2. The minimum absolute atomic E-state index is 0.0198. The number of hydrogen-bond acceptors (Lipinski definition) is 5. The molecule has 5 nitrogen and oxygen atoms in total. The van der Waals surface area contributed by atoms with E-state index in [2.05, 4.69) is 10.1 Å². The molecule has 0 aliphatic rings. The third kappa shape index (κ3) is 3.90. The monoisotopic (exact) mass is 294 g/mol. The molecule has 0 aliphatic heterocycles. The van der Waals surface area contributed by atoms with Crippen molar-refractivity contribution >= 4 is 9.84 Å². The third-order valence-electron chi connectivity index (χ3n) is 2.81. The number of benzene rings is 1. The number of aromatic nitrogens is 2. The topological polar surface area (TPSA) is 73.1 Å². The molecular formula is C14H18N2O3S. The summed E-state index contributed by atoms with van der Waals surface area (Å²) in [7, 11) is -3.31. The standard InChI is InChI=1S/C14H18N2O3S/c1-10(2)14-15-13(19-16-14)9-20(17,18)8-12-6-4-5-11(3)7-12/h4-7,10H,8-9H2,1-3H3. The highest BCUT2D eigenvalue weighted by Gasteiger charge is 2.19. The Bertz CT molecular complexity index is 690. The molecule has 20 heavy (non-hydrogen) atoms. The summed E-state index contributed by atoms with van der Waals surface area (Å²) in [5.41, 5.74) is 1.81. The predicted molar refractivity (Wildman–Crippen MR) is 75.9 cm³/mol. The van der Waals surface area contributed by atoms with Gasteiger partial charge in [0.25, 0.3) is 0 Å². The zero-order chi connectivity index (χ0) is 14.8. The van der Waals surface area contributed by atoms with Gasteiger partial charge in [0.15, 0.2) is 15.7 Å². The van der Waals surface area contributed by atoms with Gasteiger partial charge in [0.2, 0.25) is 5.89 Å². The van der Waals surface area contributed by atoms with Crippen LogP contribution in [0, 0.1) is 6.92 Å². The largest absolute Gasteiger partial charge is 0.338 e. The van der Waals surface area contributed by atoms with E-state index in [1.807, 2.05) is 39.0 Å². The highest BCUT2D eigenvalue weighted by atomic mass is 32.2. The molecule has 1 aromatic heterocycles. The van der Waals surface area contributed by atoms with Gasteiger partial charge in [0.05, 0.1) is 5.75 Å². The fourth-order valence-electron chi connectivity index (χ4n) is 1.86. The maximum Gasteiger partial charge on any atom is 0.241 e. The molecule has 2 aromatic rings.